The molecule has 1 aromatic rings. The number of hydrogen-bond donors (Lipinski definition) is 0. The molecule has 110 valence electrons. The highest BCUT2D eigenvalue weighted by molar-refractivity contribution is 9.10. The summed E-state index contributed by atoms with van der Waals surface area (Å²) in [5, 5.41) is 0. The highest BCUT2D eigenvalue weighted by Crippen LogP contribution is 2.15. The summed E-state index contributed by atoms with van der Waals surface area (Å²) in [4.78, 5) is 29.3. The number of carbonyl (C=O) groups excluding carboxylic acids is 2. The molecule has 0 aliphatic carbocycles. The summed E-state index contributed by atoms with van der Waals surface area (Å²) in [6, 6.07) is 3.44. The van der Waals surface area contributed by atoms with Crippen molar-refractivity contribution in [2.75, 3.05) is 33.4 Å². The first-order valence-corrected chi connectivity index (χ1v) is 6.93. The van der Waals surface area contributed by atoms with Crippen molar-refractivity contribution in [1.82, 2.24) is 9.88 Å². The van der Waals surface area contributed by atoms with Crippen molar-refractivity contribution in [3.05, 3.63) is 28.5 Å². The van der Waals surface area contributed by atoms with E-state index in [9.17, 15) is 9.59 Å². The van der Waals surface area contributed by atoms with Crippen molar-refractivity contribution in [2.24, 2.45) is 0 Å². The lowest BCUT2D eigenvalue weighted by Crippen LogP contribution is -2.39. The van der Waals surface area contributed by atoms with Crippen molar-refractivity contribution < 1.29 is 19.1 Å². The third-order valence-electron chi connectivity index (χ3n) is 2.44. The van der Waals surface area contributed by atoms with E-state index in [1.54, 1.807) is 19.1 Å². The van der Waals surface area contributed by atoms with Crippen molar-refractivity contribution in [3.8, 4) is 0 Å². The first-order valence-electron chi connectivity index (χ1n) is 6.14. The van der Waals surface area contributed by atoms with E-state index in [2.05, 4.69) is 20.9 Å². The molecule has 7 heteroatoms. The van der Waals surface area contributed by atoms with Gasteiger partial charge in [0.25, 0.3) is 5.91 Å². The molecule has 0 aromatic carbocycles. The molecule has 1 aromatic heterocycles. The third-order valence-corrected chi connectivity index (χ3v) is 3.08. The van der Waals surface area contributed by atoms with Gasteiger partial charge < -0.3 is 14.4 Å². The summed E-state index contributed by atoms with van der Waals surface area (Å²) in [6.07, 6.45) is 1.52. The van der Waals surface area contributed by atoms with Crippen LogP contribution in [0.4, 0.5) is 0 Å². The highest BCUT2D eigenvalue weighted by Gasteiger charge is 2.22. The van der Waals surface area contributed by atoms with Gasteiger partial charge in [0, 0.05) is 24.3 Å². The summed E-state index contributed by atoms with van der Waals surface area (Å²) in [7, 11) is 1.53. The van der Waals surface area contributed by atoms with E-state index in [0.717, 1.165) is 0 Å². The zero-order valence-corrected chi connectivity index (χ0v) is 13.1. The van der Waals surface area contributed by atoms with Crippen molar-refractivity contribution in [3.63, 3.8) is 0 Å². The molecular formula is C13H17BrN2O4. The van der Waals surface area contributed by atoms with Crippen LogP contribution in [0.25, 0.3) is 0 Å². The zero-order valence-electron chi connectivity index (χ0n) is 11.5. The lowest BCUT2D eigenvalue weighted by molar-refractivity contribution is -0.143. The maximum atomic E-state index is 12.4. The fourth-order valence-electron chi connectivity index (χ4n) is 1.51. The van der Waals surface area contributed by atoms with E-state index >= 15 is 0 Å². The van der Waals surface area contributed by atoms with Gasteiger partial charge in [0.1, 0.15) is 12.2 Å². The molecule has 1 heterocycles. The van der Waals surface area contributed by atoms with Gasteiger partial charge in [0.15, 0.2) is 0 Å². The number of aromatic nitrogens is 1. The lowest BCUT2D eigenvalue weighted by Gasteiger charge is -2.21. The summed E-state index contributed by atoms with van der Waals surface area (Å²) < 4.78 is 10.4. The molecule has 0 saturated heterocycles. The molecule has 0 bridgehead atoms. The van der Waals surface area contributed by atoms with Gasteiger partial charge in [0.05, 0.1) is 13.2 Å². The normalized spacial score (nSPS) is 10.2. The van der Waals surface area contributed by atoms with Crippen LogP contribution < -0.4 is 0 Å². The quantitative estimate of drug-likeness (QED) is 0.701. The Hall–Kier alpha value is -1.47. The van der Waals surface area contributed by atoms with Gasteiger partial charge >= 0.3 is 5.97 Å². The average Bonchev–Trinajstić information content (AvgIpc) is 2.43. The van der Waals surface area contributed by atoms with Crippen LogP contribution in [0, 0.1) is 0 Å². The molecule has 0 radical (unpaired) electrons. The minimum atomic E-state index is -0.455. The van der Waals surface area contributed by atoms with Gasteiger partial charge in [0.2, 0.25) is 0 Å². The predicted molar refractivity (Wildman–Crippen MR) is 76.3 cm³/mol. The molecule has 0 aliphatic rings. The monoisotopic (exact) mass is 344 g/mol. The van der Waals surface area contributed by atoms with Gasteiger partial charge in [-0.15, -0.1) is 0 Å². The first kappa shape index (κ1) is 16.6. The molecular weight excluding hydrogens is 328 g/mol. The zero-order chi connectivity index (χ0) is 15.0. The lowest BCUT2D eigenvalue weighted by atomic mass is 10.3. The molecule has 0 spiro atoms. The molecule has 1 amide bonds. The molecule has 0 fully saturated rings. The Bertz CT molecular complexity index is 467. The van der Waals surface area contributed by atoms with Crippen LogP contribution in [0.3, 0.4) is 0 Å². The molecule has 0 atom stereocenters. The number of halogens is 1. The van der Waals surface area contributed by atoms with Crippen molar-refractivity contribution >= 4 is 27.8 Å². The number of carbonyl (C=O) groups is 2. The van der Waals surface area contributed by atoms with E-state index in [1.807, 2.05) is 0 Å². The molecule has 0 saturated carbocycles. The topological polar surface area (TPSA) is 68.7 Å². The van der Waals surface area contributed by atoms with E-state index in [0.29, 0.717) is 11.1 Å². The van der Waals surface area contributed by atoms with Crippen LogP contribution in [0.5, 0.6) is 0 Å². The van der Waals surface area contributed by atoms with Gasteiger partial charge in [-0.25, -0.2) is 4.98 Å². The third kappa shape index (κ3) is 4.90. The molecule has 6 nitrogen and oxygen atoms in total. The predicted octanol–water partition coefficient (Wildman–Crippen LogP) is 1.50. The van der Waals surface area contributed by atoms with Crippen LogP contribution in [0.1, 0.15) is 17.4 Å². The number of ether oxygens (including phenoxy) is 2. The molecule has 20 heavy (non-hydrogen) atoms. The molecule has 0 N–H and O–H groups in total. The Morgan fingerprint density at radius 1 is 1.45 bits per heavy atom. The Labute approximate surface area is 126 Å². The molecule has 0 unspecified atom stereocenters. The number of pyridine rings is 1. The average molecular weight is 345 g/mol. The standard InChI is InChI=1S/C13H17BrN2O4/c1-3-20-11(17)9-16(7-8-19-2)13(18)12-10(14)5-4-6-15-12/h4-6H,3,7-9H2,1-2H3. The number of amides is 1. The smallest absolute Gasteiger partial charge is 0.325 e. The SMILES string of the molecule is CCOC(=O)CN(CCOC)C(=O)c1ncccc1Br. The molecule has 1 rings (SSSR count). The summed E-state index contributed by atoms with van der Waals surface area (Å²) in [5.41, 5.74) is 0.257. The largest absolute Gasteiger partial charge is 0.465 e. The van der Waals surface area contributed by atoms with Crippen LogP contribution >= 0.6 is 15.9 Å². The van der Waals surface area contributed by atoms with Gasteiger partial charge in [-0.2, -0.15) is 0 Å². The second kappa shape index (κ2) is 8.65. The minimum Gasteiger partial charge on any atom is -0.465 e. The van der Waals surface area contributed by atoms with E-state index in [4.69, 9.17) is 9.47 Å². The second-order valence-electron chi connectivity index (χ2n) is 3.86. The Kier molecular flexibility index (Phi) is 7.17. The fourth-order valence-corrected chi connectivity index (χ4v) is 1.93. The number of nitrogens with zero attached hydrogens (tertiary/aromatic N) is 2. The van der Waals surface area contributed by atoms with E-state index in [1.165, 1.54) is 18.2 Å². The number of esters is 1. The maximum Gasteiger partial charge on any atom is 0.325 e. The van der Waals surface area contributed by atoms with Crippen molar-refractivity contribution in [2.45, 2.75) is 6.92 Å². The summed E-state index contributed by atoms with van der Waals surface area (Å²) >= 11 is 3.27. The fraction of sp³-hybridized carbons (Fsp3) is 0.462. The van der Waals surface area contributed by atoms with Gasteiger partial charge in [-0.05, 0) is 35.0 Å². The van der Waals surface area contributed by atoms with Crippen LogP contribution in [-0.2, 0) is 14.3 Å². The Morgan fingerprint density at radius 3 is 2.80 bits per heavy atom. The summed E-state index contributed by atoms with van der Waals surface area (Å²) in [5.74, 6) is -0.799. The van der Waals surface area contributed by atoms with Crippen LogP contribution in [0.15, 0.2) is 22.8 Å². The van der Waals surface area contributed by atoms with Crippen LogP contribution in [0.2, 0.25) is 0 Å². The summed E-state index contributed by atoms with van der Waals surface area (Å²) in [6.45, 7) is 2.48. The highest BCUT2D eigenvalue weighted by atomic mass is 79.9. The maximum absolute atomic E-state index is 12.4. The first-order chi connectivity index (χ1) is 9.60. The van der Waals surface area contributed by atoms with E-state index < -0.39 is 5.97 Å². The number of methoxy groups -OCH3 is 1. The minimum absolute atomic E-state index is 0.126. The second-order valence-corrected chi connectivity index (χ2v) is 4.71. The van der Waals surface area contributed by atoms with Gasteiger partial charge in [-0.1, -0.05) is 0 Å². The van der Waals surface area contributed by atoms with Crippen molar-refractivity contribution in [1.29, 1.82) is 0 Å². The number of hydrogen-bond acceptors (Lipinski definition) is 5. The Morgan fingerprint density at radius 2 is 2.20 bits per heavy atom. The Balaban J connectivity index is 2.84. The molecule has 0 aliphatic heterocycles. The number of rotatable bonds is 7. The van der Waals surface area contributed by atoms with Crippen LogP contribution in [-0.4, -0.2) is 55.2 Å². The van der Waals surface area contributed by atoms with E-state index in [-0.39, 0.29) is 31.3 Å². The van der Waals surface area contributed by atoms with Gasteiger partial charge in [-0.3, -0.25) is 9.59 Å².